The molecule has 3 aliphatic heterocycles. The molecule has 0 aromatic carbocycles. The van der Waals surface area contributed by atoms with E-state index < -0.39 is 105 Å². The quantitative estimate of drug-likeness (QED) is 0.157. The van der Waals surface area contributed by atoms with Gasteiger partial charge < -0.3 is 74.4 Å². The standard InChI is InChI=1S/C19H34O15/c1-5-8(22)10(24)12(26)18(30-5)34-16-14(28)17(29-2)32-7(4-21)15(16)33-19-13(27)11(25)9(23)6(3-20)31-19/h5-28H,3-4H2,1-2H3/t5-,6+,7+,8+,9-,10+,11-,12-,13+,14+,15+,16+,17+,18-,19-/m0/s1. The number of aliphatic hydroxyl groups is 9. The van der Waals surface area contributed by atoms with Gasteiger partial charge in [-0.25, -0.2) is 0 Å². The highest BCUT2D eigenvalue weighted by Gasteiger charge is 2.53. The Bertz CT molecular complexity index is 639. The minimum Gasteiger partial charge on any atom is -0.394 e. The predicted octanol–water partition coefficient (Wildman–Crippen LogP) is -5.89. The molecule has 15 nitrogen and oxygen atoms in total. The fourth-order valence-corrected chi connectivity index (χ4v) is 4.17. The van der Waals surface area contributed by atoms with Crippen molar-refractivity contribution in [1.29, 1.82) is 0 Å². The van der Waals surface area contributed by atoms with Crippen LogP contribution in [0, 0.1) is 0 Å². The normalized spacial score (nSPS) is 52.5. The number of methoxy groups -OCH3 is 1. The molecular weight excluding hydrogens is 468 g/mol. The van der Waals surface area contributed by atoms with E-state index in [1.54, 1.807) is 0 Å². The zero-order valence-corrected chi connectivity index (χ0v) is 18.5. The average Bonchev–Trinajstić information content (AvgIpc) is 2.83. The molecule has 0 aromatic heterocycles. The van der Waals surface area contributed by atoms with Crippen LogP contribution in [0.3, 0.4) is 0 Å². The Balaban J connectivity index is 1.86. The summed E-state index contributed by atoms with van der Waals surface area (Å²) in [4.78, 5) is 0. The van der Waals surface area contributed by atoms with Crippen LogP contribution in [0.25, 0.3) is 0 Å². The fraction of sp³-hybridized carbons (Fsp3) is 1.00. The van der Waals surface area contributed by atoms with Crippen LogP contribution in [-0.4, -0.2) is 158 Å². The third-order valence-corrected chi connectivity index (χ3v) is 6.27. The van der Waals surface area contributed by atoms with E-state index in [2.05, 4.69) is 0 Å². The molecule has 0 unspecified atom stereocenters. The smallest absolute Gasteiger partial charge is 0.187 e. The molecule has 0 amide bonds. The Morgan fingerprint density at radius 3 is 1.62 bits per heavy atom. The van der Waals surface area contributed by atoms with Crippen LogP contribution >= 0.6 is 0 Å². The van der Waals surface area contributed by atoms with Gasteiger partial charge in [0.2, 0.25) is 0 Å². The Morgan fingerprint density at radius 2 is 1.06 bits per heavy atom. The van der Waals surface area contributed by atoms with Crippen LogP contribution in [0.1, 0.15) is 6.92 Å². The van der Waals surface area contributed by atoms with E-state index in [1.807, 2.05) is 0 Å². The number of rotatable bonds is 7. The lowest BCUT2D eigenvalue weighted by molar-refractivity contribution is -0.384. The van der Waals surface area contributed by atoms with Crippen molar-refractivity contribution in [2.24, 2.45) is 0 Å². The maximum absolute atomic E-state index is 10.8. The van der Waals surface area contributed by atoms with E-state index in [-0.39, 0.29) is 0 Å². The SMILES string of the molecule is CO[C@@H]1O[C@H](CO)[C@@H](O[C@@H]2O[C@H](CO)[C@H](O)[C@H](O)[C@H]2O)[C@H](O[C@@H]2O[C@@H](C)[C@@H](O)[C@@H](O)[C@@H]2O)[C@H]1O. The predicted molar refractivity (Wildman–Crippen MR) is 105 cm³/mol. The van der Waals surface area contributed by atoms with Gasteiger partial charge in [0.1, 0.15) is 67.1 Å². The van der Waals surface area contributed by atoms with E-state index in [4.69, 9.17) is 28.4 Å². The molecule has 3 heterocycles. The first-order chi connectivity index (χ1) is 16.0. The molecule has 9 N–H and O–H groups in total. The zero-order chi connectivity index (χ0) is 25.3. The minimum atomic E-state index is -1.80. The highest BCUT2D eigenvalue weighted by Crippen LogP contribution is 2.33. The molecule has 0 bridgehead atoms. The molecule has 200 valence electrons. The van der Waals surface area contributed by atoms with Crippen LogP contribution in [0.2, 0.25) is 0 Å². The molecule has 15 heteroatoms. The molecular formula is C19H34O15. The molecule has 0 aliphatic carbocycles. The first-order valence-electron chi connectivity index (χ1n) is 10.8. The maximum Gasteiger partial charge on any atom is 0.187 e. The van der Waals surface area contributed by atoms with E-state index in [0.29, 0.717) is 0 Å². The van der Waals surface area contributed by atoms with Crippen molar-refractivity contribution in [3.05, 3.63) is 0 Å². The Labute approximate surface area is 194 Å². The monoisotopic (exact) mass is 502 g/mol. The van der Waals surface area contributed by atoms with Gasteiger partial charge in [-0.3, -0.25) is 0 Å². The average molecular weight is 502 g/mol. The lowest BCUT2D eigenvalue weighted by atomic mass is 9.96. The summed E-state index contributed by atoms with van der Waals surface area (Å²) < 4.78 is 32.7. The molecule has 34 heavy (non-hydrogen) atoms. The number of aliphatic hydroxyl groups excluding tert-OH is 9. The van der Waals surface area contributed by atoms with Crippen molar-refractivity contribution in [2.75, 3.05) is 20.3 Å². The van der Waals surface area contributed by atoms with E-state index in [1.165, 1.54) is 14.0 Å². The molecule has 3 rings (SSSR count). The largest absolute Gasteiger partial charge is 0.394 e. The molecule has 0 radical (unpaired) electrons. The van der Waals surface area contributed by atoms with Gasteiger partial charge in [0.05, 0.1) is 19.3 Å². The van der Waals surface area contributed by atoms with Crippen molar-refractivity contribution >= 4 is 0 Å². The van der Waals surface area contributed by atoms with Gasteiger partial charge in [0.25, 0.3) is 0 Å². The van der Waals surface area contributed by atoms with Gasteiger partial charge in [0, 0.05) is 7.11 Å². The third kappa shape index (κ3) is 5.39. The summed E-state index contributed by atoms with van der Waals surface area (Å²) >= 11 is 0. The topological polar surface area (TPSA) is 237 Å². The number of hydrogen-bond acceptors (Lipinski definition) is 15. The Kier molecular flexibility index (Phi) is 9.57. The first-order valence-corrected chi connectivity index (χ1v) is 10.8. The summed E-state index contributed by atoms with van der Waals surface area (Å²) in [6.07, 6.45) is -22.6. The first kappa shape index (κ1) is 28.0. The molecule has 0 spiro atoms. The van der Waals surface area contributed by atoms with Crippen LogP contribution in [0.4, 0.5) is 0 Å². The second kappa shape index (κ2) is 11.6. The maximum atomic E-state index is 10.8. The minimum absolute atomic E-state index is 0.694. The van der Waals surface area contributed by atoms with Crippen molar-refractivity contribution in [3.8, 4) is 0 Å². The molecule has 0 aromatic rings. The highest BCUT2D eigenvalue weighted by atomic mass is 16.8. The summed E-state index contributed by atoms with van der Waals surface area (Å²) in [5.74, 6) is 0. The van der Waals surface area contributed by atoms with E-state index in [0.717, 1.165) is 0 Å². The second-order valence-corrected chi connectivity index (χ2v) is 8.53. The summed E-state index contributed by atoms with van der Waals surface area (Å²) in [5.41, 5.74) is 0. The van der Waals surface area contributed by atoms with E-state index >= 15 is 0 Å². The summed E-state index contributed by atoms with van der Waals surface area (Å²) in [6, 6.07) is 0. The summed E-state index contributed by atoms with van der Waals surface area (Å²) in [7, 11) is 1.21. The summed E-state index contributed by atoms with van der Waals surface area (Å²) in [5, 5.41) is 90.7. The Hall–Kier alpha value is -0.600. The van der Waals surface area contributed by atoms with Gasteiger partial charge in [-0.1, -0.05) is 0 Å². The highest BCUT2D eigenvalue weighted by molar-refractivity contribution is 4.96. The second-order valence-electron chi connectivity index (χ2n) is 8.53. The molecule has 3 aliphatic rings. The molecule has 0 saturated carbocycles. The molecule has 15 atom stereocenters. The molecule has 3 fully saturated rings. The van der Waals surface area contributed by atoms with Crippen molar-refractivity contribution in [1.82, 2.24) is 0 Å². The Morgan fingerprint density at radius 1 is 0.559 bits per heavy atom. The van der Waals surface area contributed by atoms with E-state index in [9.17, 15) is 46.0 Å². The lowest BCUT2D eigenvalue weighted by Crippen LogP contribution is -2.67. The summed E-state index contributed by atoms with van der Waals surface area (Å²) in [6.45, 7) is 0.0111. The van der Waals surface area contributed by atoms with Gasteiger partial charge in [-0.05, 0) is 6.92 Å². The molecule has 3 saturated heterocycles. The van der Waals surface area contributed by atoms with Gasteiger partial charge in [0.15, 0.2) is 18.9 Å². The van der Waals surface area contributed by atoms with Crippen LogP contribution in [-0.2, 0) is 28.4 Å². The zero-order valence-electron chi connectivity index (χ0n) is 18.5. The van der Waals surface area contributed by atoms with Gasteiger partial charge in [-0.15, -0.1) is 0 Å². The number of ether oxygens (including phenoxy) is 6. The van der Waals surface area contributed by atoms with Crippen LogP contribution in [0.5, 0.6) is 0 Å². The lowest BCUT2D eigenvalue weighted by Gasteiger charge is -2.48. The van der Waals surface area contributed by atoms with Crippen molar-refractivity contribution < 1.29 is 74.4 Å². The van der Waals surface area contributed by atoms with Gasteiger partial charge >= 0.3 is 0 Å². The van der Waals surface area contributed by atoms with Crippen molar-refractivity contribution in [2.45, 2.75) is 99.0 Å². The third-order valence-electron chi connectivity index (χ3n) is 6.27. The fourth-order valence-electron chi connectivity index (χ4n) is 4.17. The van der Waals surface area contributed by atoms with Crippen LogP contribution < -0.4 is 0 Å². The van der Waals surface area contributed by atoms with Crippen molar-refractivity contribution in [3.63, 3.8) is 0 Å². The van der Waals surface area contributed by atoms with Crippen LogP contribution in [0.15, 0.2) is 0 Å². The number of hydrogen-bond donors (Lipinski definition) is 9. The van der Waals surface area contributed by atoms with Gasteiger partial charge in [-0.2, -0.15) is 0 Å².